The van der Waals surface area contributed by atoms with Gasteiger partial charge in [-0.3, -0.25) is 9.69 Å². The van der Waals surface area contributed by atoms with Crippen LogP contribution in [-0.2, 0) is 17.8 Å². The highest BCUT2D eigenvalue weighted by atomic mass is 32.1. The van der Waals surface area contributed by atoms with Gasteiger partial charge < -0.3 is 5.32 Å². The molecule has 0 atom stereocenters. The summed E-state index contributed by atoms with van der Waals surface area (Å²) in [5.74, 6) is 0.567. The maximum Gasteiger partial charge on any atom is 0.226 e. The molecule has 19 heavy (non-hydrogen) atoms. The van der Waals surface area contributed by atoms with Crippen LogP contribution in [0.15, 0.2) is 5.38 Å². The largest absolute Gasteiger partial charge is 0.356 e. The molecule has 1 saturated heterocycles. The highest BCUT2D eigenvalue weighted by Crippen LogP contribution is 2.16. The summed E-state index contributed by atoms with van der Waals surface area (Å²) in [6.07, 6.45) is 3.01. The minimum atomic E-state index is 0.0757. The predicted molar refractivity (Wildman–Crippen MR) is 78.2 cm³/mol. The molecule has 0 bridgehead atoms. The van der Waals surface area contributed by atoms with Crippen LogP contribution in [0.1, 0.15) is 37.4 Å². The van der Waals surface area contributed by atoms with Crippen LogP contribution in [0.5, 0.6) is 0 Å². The third-order valence-electron chi connectivity index (χ3n) is 3.21. The molecule has 0 spiro atoms. The summed E-state index contributed by atoms with van der Waals surface area (Å²) < 4.78 is 0. The van der Waals surface area contributed by atoms with Gasteiger partial charge in [-0.1, -0.05) is 13.8 Å². The van der Waals surface area contributed by atoms with Crippen molar-refractivity contribution in [2.45, 2.75) is 39.7 Å². The summed E-state index contributed by atoms with van der Waals surface area (Å²) in [7, 11) is 0. The quantitative estimate of drug-likeness (QED) is 0.868. The Morgan fingerprint density at radius 1 is 1.47 bits per heavy atom. The number of likely N-dealkylation sites (tertiary alicyclic amines) is 1. The van der Waals surface area contributed by atoms with Gasteiger partial charge in [0.15, 0.2) is 0 Å². The van der Waals surface area contributed by atoms with Crippen molar-refractivity contribution < 1.29 is 4.79 Å². The molecule has 2 rings (SSSR count). The van der Waals surface area contributed by atoms with E-state index in [4.69, 9.17) is 0 Å². The number of amides is 1. The number of nitrogens with one attached hydrogen (secondary N) is 1. The van der Waals surface area contributed by atoms with E-state index in [1.165, 1.54) is 25.9 Å². The van der Waals surface area contributed by atoms with E-state index in [2.05, 4.69) is 29.0 Å². The molecule has 1 aromatic rings. The standard InChI is InChI=1S/C14H23N3OS/c1-11(2)8-15-13(18)7-12-10-19-14(16-12)9-17-5-3-4-6-17/h10-11H,3-9H2,1-2H3,(H,15,18). The van der Waals surface area contributed by atoms with Gasteiger partial charge in [-0.25, -0.2) is 4.98 Å². The van der Waals surface area contributed by atoms with Gasteiger partial charge in [0.2, 0.25) is 5.91 Å². The van der Waals surface area contributed by atoms with Crippen LogP contribution in [0.4, 0.5) is 0 Å². The Bertz CT molecular complexity index is 411. The van der Waals surface area contributed by atoms with Crippen LogP contribution in [-0.4, -0.2) is 35.4 Å². The molecule has 0 radical (unpaired) electrons. The fraction of sp³-hybridized carbons (Fsp3) is 0.714. The van der Waals surface area contributed by atoms with E-state index in [0.29, 0.717) is 12.3 Å². The van der Waals surface area contributed by atoms with Gasteiger partial charge in [0.1, 0.15) is 5.01 Å². The van der Waals surface area contributed by atoms with Crippen molar-refractivity contribution in [2.75, 3.05) is 19.6 Å². The number of hydrogen-bond donors (Lipinski definition) is 1. The topological polar surface area (TPSA) is 45.2 Å². The van der Waals surface area contributed by atoms with E-state index >= 15 is 0 Å². The van der Waals surface area contributed by atoms with Crippen LogP contribution < -0.4 is 5.32 Å². The number of carbonyl (C=O) groups excluding carboxylic acids is 1. The Hall–Kier alpha value is -0.940. The monoisotopic (exact) mass is 281 g/mol. The first kappa shape index (κ1) is 14.5. The van der Waals surface area contributed by atoms with Gasteiger partial charge in [-0.05, 0) is 31.8 Å². The second-order valence-corrected chi connectivity index (χ2v) is 6.53. The van der Waals surface area contributed by atoms with Crippen LogP contribution >= 0.6 is 11.3 Å². The van der Waals surface area contributed by atoms with Gasteiger partial charge in [0.25, 0.3) is 0 Å². The molecular weight excluding hydrogens is 258 g/mol. The van der Waals surface area contributed by atoms with E-state index in [1.54, 1.807) is 11.3 Å². The van der Waals surface area contributed by atoms with Gasteiger partial charge in [-0.2, -0.15) is 0 Å². The lowest BCUT2D eigenvalue weighted by atomic mass is 10.2. The molecule has 1 aliphatic rings. The molecule has 106 valence electrons. The van der Waals surface area contributed by atoms with Crippen molar-refractivity contribution in [2.24, 2.45) is 5.92 Å². The smallest absolute Gasteiger partial charge is 0.226 e. The molecule has 4 nitrogen and oxygen atoms in total. The molecule has 1 N–H and O–H groups in total. The van der Waals surface area contributed by atoms with Crippen molar-refractivity contribution in [3.63, 3.8) is 0 Å². The van der Waals surface area contributed by atoms with E-state index < -0.39 is 0 Å². The van der Waals surface area contributed by atoms with Crippen LogP contribution in [0.3, 0.4) is 0 Å². The Morgan fingerprint density at radius 2 is 2.21 bits per heavy atom. The van der Waals surface area contributed by atoms with Gasteiger partial charge in [0.05, 0.1) is 18.7 Å². The normalized spacial score (nSPS) is 16.2. The van der Waals surface area contributed by atoms with Crippen molar-refractivity contribution >= 4 is 17.2 Å². The summed E-state index contributed by atoms with van der Waals surface area (Å²) in [4.78, 5) is 18.7. The van der Waals surface area contributed by atoms with Crippen molar-refractivity contribution in [3.8, 4) is 0 Å². The SMILES string of the molecule is CC(C)CNC(=O)Cc1csc(CN2CCCC2)n1. The second-order valence-electron chi connectivity index (χ2n) is 5.59. The molecule has 0 unspecified atom stereocenters. The zero-order chi connectivity index (χ0) is 13.7. The van der Waals surface area contributed by atoms with E-state index in [-0.39, 0.29) is 5.91 Å². The van der Waals surface area contributed by atoms with Crippen LogP contribution in [0, 0.1) is 5.92 Å². The number of carbonyl (C=O) groups is 1. The summed E-state index contributed by atoms with van der Waals surface area (Å²) in [6, 6.07) is 0. The molecule has 0 saturated carbocycles. The summed E-state index contributed by atoms with van der Waals surface area (Å²) in [5.41, 5.74) is 0.903. The Balaban J connectivity index is 1.78. The molecule has 1 amide bonds. The fourth-order valence-corrected chi connectivity index (χ4v) is 3.01. The van der Waals surface area contributed by atoms with Gasteiger partial charge >= 0.3 is 0 Å². The lowest BCUT2D eigenvalue weighted by molar-refractivity contribution is -0.120. The lowest BCUT2D eigenvalue weighted by Gasteiger charge is -2.11. The summed E-state index contributed by atoms with van der Waals surface area (Å²) in [5, 5.41) is 6.08. The van der Waals surface area contributed by atoms with Crippen LogP contribution in [0.25, 0.3) is 0 Å². The van der Waals surface area contributed by atoms with E-state index in [9.17, 15) is 4.79 Å². The maximum absolute atomic E-state index is 11.7. The van der Waals surface area contributed by atoms with Crippen molar-refractivity contribution in [1.29, 1.82) is 0 Å². The minimum Gasteiger partial charge on any atom is -0.356 e. The minimum absolute atomic E-state index is 0.0757. The van der Waals surface area contributed by atoms with E-state index in [0.717, 1.165) is 23.8 Å². The number of hydrogen-bond acceptors (Lipinski definition) is 4. The highest BCUT2D eigenvalue weighted by molar-refractivity contribution is 7.09. The number of thiazole rings is 1. The fourth-order valence-electron chi connectivity index (χ4n) is 2.18. The van der Waals surface area contributed by atoms with E-state index in [1.807, 2.05) is 5.38 Å². The highest BCUT2D eigenvalue weighted by Gasteiger charge is 2.14. The molecule has 0 aromatic carbocycles. The van der Waals surface area contributed by atoms with Gasteiger partial charge in [-0.15, -0.1) is 11.3 Å². The molecule has 1 aromatic heterocycles. The Labute approximate surface area is 119 Å². The summed E-state index contributed by atoms with van der Waals surface area (Å²) in [6.45, 7) is 8.24. The summed E-state index contributed by atoms with van der Waals surface area (Å²) >= 11 is 1.67. The van der Waals surface area contributed by atoms with Gasteiger partial charge in [0, 0.05) is 11.9 Å². The lowest BCUT2D eigenvalue weighted by Crippen LogP contribution is -2.28. The maximum atomic E-state index is 11.7. The third kappa shape index (κ3) is 4.91. The molecular formula is C14H23N3OS. The zero-order valence-electron chi connectivity index (χ0n) is 11.8. The average Bonchev–Trinajstić information content (AvgIpc) is 2.99. The first-order valence-corrected chi connectivity index (χ1v) is 7.94. The Morgan fingerprint density at radius 3 is 2.89 bits per heavy atom. The zero-order valence-corrected chi connectivity index (χ0v) is 12.6. The molecule has 1 fully saturated rings. The molecule has 0 aliphatic carbocycles. The molecule has 2 heterocycles. The van der Waals surface area contributed by atoms with Crippen molar-refractivity contribution in [3.05, 3.63) is 16.1 Å². The first-order valence-electron chi connectivity index (χ1n) is 7.06. The third-order valence-corrected chi connectivity index (χ3v) is 4.09. The first-order chi connectivity index (χ1) is 9.13. The predicted octanol–water partition coefficient (Wildman–Crippen LogP) is 2.05. The second kappa shape index (κ2) is 7.01. The van der Waals surface area contributed by atoms with Crippen molar-refractivity contribution in [1.82, 2.24) is 15.2 Å². The number of rotatable bonds is 6. The Kier molecular flexibility index (Phi) is 5.34. The average molecular weight is 281 g/mol. The number of aromatic nitrogens is 1. The van der Waals surface area contributed by atoms with Crippen LogP contribution in [0.2, 0.25) is 0 Å². The number of nitrogens with zero attached hydrogens (tertiary/aromatic N) is 2. The molecule has 5 heteroatoms. The molecule has 1 aliphatic heterocycles.